The summed E-state index contributed by atoms with van der Waals surface area (Å²) < 4.78 is 10.9. The van der Waals surface area contributed by atoms with E-state index in [4.69, 9.17) is 9.47 Å². The number of imide groups is 1. The first kappa shape index (κ1) is 19.4. The van der Waals surface area contributed by atoms with Crippen molar-refractivity contribution in [1.82, 2.24) is 9.80 Å². The number of nitrogens with zero attached hydrogens (tertiary/aromatic N) is 2. The molecule has 1 aromatic rings. The van der Waals surface area contributed by atoms with Crippen LogP contribution >= 0.6 is 0 Å². The van der Waals surface area contributed by atoms with Crippen LogP contribution in [0.4, 0.5) is 0 Å². The highest BCUT2D eigenvalue weighted by molar-refractivity contribution is 6.10. The Balaban J connectivity index is 1.92. The molecule has 2 heterocycles. The molecule has 0 bridgehead atoms. The molecule has 3 atom stereocenters. The molecule has 3 rings (SSSR count). The van der Waals surface area contributed by atoms with Gasteiger partial charge in [-0.15, -0.1) is 0 Å². The average molecular weight is 374 g/mol. The van der Waals surface area contributed by atoms with E-state index in [9.17, 15) is 14.4 Å². The Morgan fingerprint density at radius 3 is 2.26 bits per heavy atom. The van der Waals surface area contributed by atoms with E-state index in [2.05, 4.69) is 0 Å². The van der Waals surface area contributed by atoms with Crippen molar-refractivity contribution in [3.8, 4) is 5.75 Å². The van der Waals surface area contributed by atoms with Gasteiger partial charge in [-0.05, 0) is 31.5 Å². The molecule has 0 saturated carbocycles. The van der Waals surface area contributed by atoms with E-state index in [0.29, 0.717) is 24.4 Å². The number of rotatable bonds is 4. The van der Waals surface area contributed by atoms with E-state index in [1.807, 2.05) is 13.8 Å². The average Bonchev–Trinajstić information content (AvgIpc) is 2.85. The molecule has 0 spiro atoms. The minimum Gasteiger partial charge on any atom is -0.497 e. The summed E-state index contributed by atoms with van der Waals surface area (Å²) in [5.41, 5.74) is -0.506. The third-order valence-electron chi connectivity index (χ3n) is 5.41. The topological polar surface area (TPSA) is 76.2 Å². The number of ether oxygens (including phenoxy) is 2. The van der Waals surface area contributed by atoms with E-state index in [-0.39, 0.29) is 42.8 Å². The van der Waals surface area contributed by atoms with Crippen LogP contribution in [0.2, 0.25) is 0 Å². The molecule has 7 heteroatoms. The van der Waals surface area contributed by atoms with Crippen LogP contribution in [0.5, 0.6) is 5.75 Å². The Hall–Kier alpha value is -2.41. The van der Waals surface area contributed by atoms with Crippen molar-refractivity contribution in [2.45, 2.75) is 44.3 Å². The minimum absolute atomic E-state index is 0.00412. The molecule has 0 N–H and O–H groups in total. The highest BCUT2D eigenvalue weighted by Gasteiger charge is 2.53. The quantitative estimate of drug-likeness (QED) is 0.744. The Morgan fingerprint density at radius 2 is 1.78 bits per heavy atom. The predicted octanol–water partition coefficient (Wildman–Crippen LogP) is 1.35. The summed E-state index contributed by atoms with van der Waals surface area (Å²) in [5, 5.41) is 0. The lowest BCUT2D eigenvalue weighted by atomic mass is 9.75. The fourth-order valence-electron chi connectivity index (χ4n) is 4.01. The highest BCUT2D eigenvalue weighted by atomic mass is 16.5. The highest BCUT2D eigenvalue weighted by Crippen LogP contribution is 2.40. The number of morpholine rings is 1. The number of amides is 3. The second-order valence-electron chi connectivity index (χ2n) is 7.48. The second kappa shape index (κ2) is 7.31. The summed E-state index contributed by atoms with van der Waals surface area (Å²) in [5.74, 6) is -0.0850. The lowest BCUT2D eigenvalue weighted by Gasteiger charge is -2.37. The first-order chi connectivity index (χ1) is 12.8. The van der Waals surface area contributed by atoms with E-state index in [1.54, 1.807) is 36.3 Å². The van der Waals surface area contributed by atoms with Crippen LogP contribution in [0.25, 0.3) is 0 Å². The standard InChI is InChI=1S/C20H26N2O5/c1-13-11-22(12-14(2)27-13)18(24)10-20(9-17(23)21(3)19(20)25)15-5-7-16(26-4)8-6-15/h5-8,13-14H,9-12H2,1-4H3/t13-,14+,20-/m0/s1. The Kier molecular flexibility index (Phi) is 5.24. The van der Waals surface area contributed by atoms with Gasteiger partial charge in [-0.1, -0.05) is 12.1 Å². The number of likely N-dealkylation sites (tertiary alicyclic amines) is 1. The molecule has 27 heavy (non-hydrogen) atoms. The number of benzene rings is 1. The summed E-state index contributed by atoms with van der Waals surface area (Å²) in [7, 11) is 3.03. The molecule has 2 saturated heterocycles. The SMILES string of the molecule is COc1ccc([C@@]2(CC(=O)N3C[C@@H](C)O[C@@H](C)C3)CC(=O)N(C)C2=O)cc1. The summed E-state index contributed by atoms with van der Waals surface area (Å²) in [6.45, 7) is 4.82. The van der Waals surface area contributed by atoms with Crippen molar-refractivity contribution < 1.29 is 23.9 Å². The van der Waals surface area contributed by atoms with Crippen molar-refractivity contribution in [3.63, 3.8) is 0 Å². The van der Waals surface area contributed by atoms with E-state index < -0.39 is 5.41 Å². The largest absolute Gasteiger partial charge is 0.497 e. The van der Waals surface area contributed by atoms with Gasteiger partial charge in [0.05, 0.1) is 24.7 Å². The van der Waals surface area contributed by atoms with Crippen molar-refractivity contribution in [3.05, 3.63) is 29.8 Å². The van der Waals surface area contributed by atoms with Crippen LogP contribution in [-0.4, -0.2) is 67.0 Å². The molecule has 1 aromatic carbocycles. The summed E-state index contributed by atoms with van der Waals surface area (Å²) in [6.07, 6.45) is -0.153. The maximum Gasteiger partial charge on any atom is 0.240 e. The van der Waals surface area contributed by atoms with Crippen LogP contribution in [0, 0.1) is 0 Å². The van der Waals surface area contributed by atoms with Gasteiger partial charge < -0.3 is 14.4 Å². The van der Waals surface area contributed by atoms with Crippen LogP contribution in [0.1, 0.15) is 32.3 Å². The zero-order valence-corrected chi connectivity index (χ0v) is 16.2. The maximum absolute atomic E-state index is 13.1. The third kappa shape index (κ3) is 3.56. The van der Waals surface area contributed by atoms with Gasteiger partial charge in [0, 0.05) is 33.0 Å². The molecule has 3 amide bonds. The van der Waals surface area contributed by atoms with E-state index in [0.717, 1.165) is 4.90 Å². The van der Waals surface area contributed by atoms with E-state index in [1.165, 1.54) is 7.05 Å². The summed E-state index contributed by atoms with van der Waals surface area (Å²) in [4.78, 5) is 41.2. The van der Waals surface area contributed by atoms with Gasteiger partial charge in [0.25, 0.3) is 0 Å². The lowest BCUT2D eigenvalue weighted by Crippen LogP contribution is -2.50. The molecule has 0 unspecified atom stereocenters. The maximum atomic E-state index is 13.1. The summed E-state index contributed by atoms with van der Waals surface area (Å²) in [6, 6.07) is 7.02. The minimum atomic E-state index is -1.17. The van der Waals surface area contributed by atoms with Crippen LogP contribution < -0.4 is 4.74 Å². The van der Waals surface area contributed by atoms with Gasteiger partial charge in [-0.2, -0.15) is 0 Å². The smallest absolute Gasteiger partial charge is 0.240 e. The molecule has 0 aliphatic carbocycles. The molecule has 2 aliphatic rings. The van der Waals surface area contributed by atoms with Gasteiger partial charge in [0.1, 0.15) is 5.75 Å². The molecule has 7 nitrogen and oxygen atoms in total. The second-order valence-corrected chi connectivity index (χ2v) is 7.48. The summed E-state index contributed by atoms with van der Waals surface area (Å²) >= 11 is 0. The molecule has 2 fully saturated rings. The number of carbonyl (C=O) groups excluding carboxylic acids is 3. The number of methoxy groups -OCH3 is 1. The van der Waals surface area contributed by atoms with Gasteiger partial charge in [0.15, 0.2) is 0 Å². The zero-order chi connectivity index (χ0) is 19.8. The Labute approximate surface area is 159 Å². The third-order valence-corrected chi connectivity index (χ3v) is 5.41. The van der Waals surface area contributed by atoms with Crippen LogP contribution in [0.3, 0.4) is 0 Å². The number of hydrogen-bond donors (Lipinski definition) is 0. The van der Waals surface area contributed by atoms with E-state index >= 15 is 0 Å². The molecular formula is C20H26N2O5. The van der Waals surface area contributed by atoms with Gasteiger partial charge in [-0.3, -0.25) is 19.3 Å². The monoisotopic (exact) mass is 374 g/mol. The Bertz CT molecular complexity index is 737. The first-order valence-corrected chi connectivity index (χ1v) is 9.15. The normalized spacial score (nSPS) is 28.6. The van der Waals surface area contributed by atoms with Gasteiger partial charge in [-0.25, -0.2) is 0 Å². The predicted molar refractivity (Wildman–Crippen MR) is 98.3 cm³/mol. The first-order valence-electron chi connectivity index (χ1n) is 9.15. The lowest BCUT2D eigenvalue weighted by molar-refractivity contribution is -0.147. The fraction of sp³-hybridized carbons (Fsp3) is 0.550. The molecular weight excluding hydrogens is 348 g/mol. The number of carbonyl (C=O) groups is 3. The fourth-order valence-corrected chi connectivity index (χ4v) is 4.01. The molecule has 2 aliphatic heterocycles. The zero-order valence-electron chi connectivity index (χ0n) is 16.2. The van der Waals surface area contributed by atoms with Crippen LogP contribution in [-0.2, 0) is 24.5 Å². The van der Waals surface area contributed by atoms with Crippen molar-refractivity contribution in [2.24, 2.45) is 0 Å². The molecule has 0 radical (unpaired) electrons. The molecule has 146 valence electrons. The number of hydrogen-bond acceptors (Lipinski definition) is 5. The van der Waals surface area contributed by atoms with Gasteiger partial charge >= 0.3 is 0 Å². The van der Waals surface area contributed by atoms with Crippen LogP contribution in [0.15, 0.2) is 24.3 Å². The van der Waals surface area contributed by atoms with Crippen molar-refractivity contribution in [1.29, 1.82) is 0 Å². The van der Waals surface area contributed by atoms with Gasteiger partial charge in [0.2, 0.25) is 17.7 Å². The molecule has 0 aromatic heterocycles. The van der Waals surface area contributed by atoms with Crippen molar-refractivity contribution >= 4 is 17.7 Å². The van der Waals surface area contributed by atoms with Crippen molar-refractivity contribution in [2.75, 3.05) is 27.2 Å². The Morgan fingerprint density at radius 1 is 1.19 bits per heavy atom. The number of likely N-dealkylation sites (N-methyl/N-ethyl adjacent to an activating group) is 1.